The Morgan fingerprint density at radius 1 is 0.947 bits per heavy atom. The van der Waals surface area contributed by atoms with Crippen LogP contribution in [0.5, 0.6) is 0 Å². The molecular weight excluding hydrogens is 258 g/mol. The van der Waals surface area contributed by atoms with Crippen LogP contribution in [-0.2, 0) is 6.18 Å². The first-order valence-corrected chi connectivity index (χ1v) is 5.52. The third kappa shape index (κ3) is 2.70. The zero-order valence-corrected chi connectivity index (χ0v) is 10.1. The average Bonchev–Trinajstić information content (AvgIpc) is 2.31. The van der Waals surface area contributed by atoms with Crippen LogP contribution in [0.1, 0.15) is 11.1 Å². The van der Waals surface area contributed by atoms with Gasteiger partial charge in [-0.3, -0.25) is 0 Å². The molecule has 1 nitrogen and oxygen atoms in total. The van der Waals surface area contributed by atoms with E-state index in [4.69, 9.17) is 5.73 Å². The molecule has 2 aromatic carbocycles. The first-order chi connectivity index (χ1) is 8.79. The molecule has 0 bridgehead atoms. The molecular formula is C14H11F4N. The zero-order chi connectivity index (χ0) is 14.2. The van der Waals surface area contributed by atoms with Crippen molar-refractivity contribution in [3.05, 3.63) is 53.3 Å². The Morgan fingerprint density at radius 2 is 1.63 bits per heavy atom. The standard InChI is InChI=1S/C14H11F4N/c1-8-2-4-10(15)7-12(8)11-5-3-9(6-13(11)19)14(16,17)18/h2-7H,19H2,1H3. The molecule has 0 aliphatic rings. The van der Waals surface area contributed by atoms with Gasteiger partial charge in [-0.2, -0.15) is 13.2 Å². The average molecular weight is 269 g/mol. The second-order valence-electron chi connectivity index (χ2n) is 4.26. The number of hydrogen-bond donors (Lipinski definition) is 1. The molecule has 0 spiro atoms. The number of aryl methyl sites for hydroxylation is 1. The minimum atomic E-state index is -4.44. The molecule has 0 atom stereocenters. The molecule has 0 heterocycles. The fraction of sp³-hybridized carbons (Fsp3) is 0.143. The first-order valence-electron chi connectivity index (χ1n) is 5.52. The number of rotatable bonds is 1. The summed E-state index contributed by atoms with van der Waals surface area (Å²) in [5.41, 5.74) is 6.43. The zero-order valence-electron chi connectivity index (χ0n) is 10.1. The summed E-state index contributed by atoms with van der Waals surface area (Å²) in [7, 11) is 0. The molecule has 0 radical (unpaired) electrons. The highest BCUT2D eigenvalue weighted by molar-refractivity contribution is 5.79. The number of hydrogen-bond acceptors (Lipinski definition) is 1. The van der Waals surface area contributed by atoms with Crippen molar-refractivity contribution in [1.29, 1.82) is 0 Å². The van der Waals surface area contributed by atoms with Gasteiger partial charge in [0.15, 0.2) is 0 Å². The van der Waals surface area contributed by atoms with Crippen molar-refractivity contribution in [3.8, 4) is 11.1 Å². The van der Waals surface area contributed by atoms with Crippen LogP contribution in [0.25, 0.3) is 11.1 Å². The first kappa shape index (κ1) is 13.4. The normalized spacial score (nSPS) is 11.6. The van der Waals surface area contributed by atoms with Crippen molar-refractivity contribution in [2.24, 2.45) is 0 Å². The molecule has 100 valence electrons. The van der Waals surface area contributed by atoms with Crippen LogP contribution in [0.4, 0.5) is 23.2 Å². The van der Waals surface area contributed by atoms with E-state index < -0.39 is 17.6 Å². The molecule has 0 amide bonds. The highest BCUT2D eigenvalue weighted by atomic mass is 19.4. The largest absolute Gasteiger partial charge is 0.416 e. The van der Waals surface area contributed by atoms with Crippen LogP contribution in [-0.4, -0.2) is 0 Å². The second-order valence-corrected chi connectivity index (χ2v) is 4.26. The van der Waals surface area contributed by atoms with Gasteiger partial charge in [-0.1, -0.05) is 12.1 Å². The molecule has 2 N–H and O–H groups in total. The smallest absolute Gasteiger partial charge is 0.398 e. The fourth-order valence-electron chi connectivity index (χ4n) is 1.87. The van der Waals surface area contributed by atoms with Gasteiger partial charge in [0.25, 0.3) is 0 Å². The topological polar surface area (TPSA) is 26.0 Å². The van der Waals surface area contributed by atoms with Crippen LogP contribution < -0.4 is 5.73 Å². The van der Waals surface area contributed by atoms with Crippen LogP contribution in [0.2, 0.25) is 0 Å². The molecule has 0 aliphatic heterocycles. The van der Waals surface area contributed by atoms with Crippen molar-refractivity contribution in [2.75, 3.05) is 5.73 Å². The highest BCUT2D eigenvalue weighted by Gasteiger charge is 2.30. The minimum absolute atomic E-state index is 0.0245. The van der Waals surface area contributed by atoms with Crippen molar-refractivity contribution in [3.63, 3.8) is 0 Å². The highest BCUT2D eigenvalue weighted by Crippen LogP contribution is 2.35. The Balaban J connectivity index is 2.55. The van der Waals surface area contributed by atoms with Gasteiger partial charge in [0.05, 0.1) is 5.56 Å². The van der Waals surface area contributed by atoms with Crippen LogP contribution in [0.15, 0.2) is 36.4 Å². The number of nitrogen functional groups attached to an aromatic ring is 1. The minimum Gasteiger partial charge on any atom is -0.398 e. The summed E-state index contributed by atoms with van der Waals surface area (Å²) in [5.74, 6) is -0.458. The van der Waals surface area contributed by atoms with Crippen molar-refractivity contribution in [1.82, 2.24) is 0 Å². The van der Waals surface area contributed by atoms with Gasteiger partial charge in [-0.05, 0) is 42.3 Å². The summed E-state index contributed by atoms with van der Waals surface area (Å²) >= 11 is 0. The van der Waals surface area contributed by atoms with Gasteiger partial charge in [-0.25, -0.2) is 4.39 Å². The van der Waals surface area contributed by atoms with E-state index in [1.807, 2.05) is 0 Å². The van der Waals surface area contributed by atoms with Gasteiger partial charge >= 0.3 is 6.18 Å². The fourth-order valence-corrected chi connectivity index (χ4v) is 1.87. The molecule has 0 fully saturated rings. The van der Waals surface area contributed by atoms with Gasteiger partial charge in [0, 0.05) is 11.3 Å². The Morgan fingerprint density at radius 3 is 2.21 bits per heavy atom. The molecule has 5 heteroatoms. The van der Waals surface area contributed by atoms with E-state index in [1.54, 1.807) is 13.0 Å². The Bertz CT molecular complexity index is 617. The molecule has 19 heavy (non-hydrogen) atoms. The predicted octanol–water partition coefficient (Wildman–Crippen LogP) is 4.40. The number of anilines is 1. The Hall–Kier alpha value is -2.04. The number of alkyl halides is 3. The third-order valence-corrected chi connectivity index (χ3v) is 2.87. The quantitative estimate of drug-likeness (QED) is 0.602. The van der Waals surface area contributed by atoms with E-state index in [1.165, 1.54) is 18.2 Å². The maximum absolute atomic E-state index is 13.2. The summed E-state index contributed by atoms with van der Waals surface area (Å²) < 4.78 is 50.8. The van der Waals surface area contributed by atoms with Gasteiger partial charge in [0.2, 0.25) is 0 Å². The maximum atomic E-state index is 13.2. The lowest BCUT2D eigenvalue weighted by Gasteiger charge is -2.12. The van der Waals surface area contributed by atoms with Crippen molar-refractivity contribution >= 4 is 5.69 Å². The summed E-state index contributed by atoms with van der Waals surface area (Å²) in [6.45, 7) is 1.74. The van der Waals surface area contributed by atoms with Crippen LogP contribution >= 0.6 is 0 Å². The molecule has 0 saturated carbocycles. The Kier molecular flexibility index (Phi) is 3.22. The number of nitrogens with two attached hydrogens (primary N) is 1. The second kappa shape index (κ2) is 4.57. The summed E-state index contributed by atoms with van der Waals surface area (Å²) in [6, 6.07) is 7.17. The number of benzene rings is 2. The van der Waals surface area contributed by atoms with Gasteiger partial charge < -0.3 is 5.73 Å². The van der Waals surface area contributed by atoms with Gasteiger partial charge in [-0.15, -0.1) is 0 Å². The van der Waals surface area contributed by atoms with E-state index >= 15 is 0 Å². The van der Waals surface area contributed by atoms with Crippen LogP contribution in [0.3, 0.4) is 0 Å². The number of halogens is 4. The maximum Gasteiger partial charge on any atom is 0.416 e. The SMILES string of the molecule is Cc1ccc(F)cc1-c1ccc(C(F)(F)F)cc1N. The monoisotopic (exact) mass is 269 g/mol. The van der Waals surface area contributed by atoms with E-state index in [-0.39, 0.29) is 5.69 Å². The van der Waals surface area contributed by atoms with Crippen molar-refractivity contribution < 1.29 is 17.6 Å². The summed E-state index contributed by atoms with van der Waals surface area (Å²) in [5, 5.41) is 0. The lowest BCUT2D eigenvalue weighted by molar-refractivity contribution is -0.137. The molecule has 0 saturated heterocycles. The summed E-state index contributed by atoms with van der Waals surface area (Å²) in [4.78, 5) is 0. The lowest BCUT2D eigenvalue weighted by Crippen LogP contribution is -2.06. The lowest BCUT2D eigenvalue weighted by atomic mass is 9.97. The molecule has 2 rings (SSSR count). The Labute approximate surface area is 107 Å². The van der Waals surface area contributed by atoms with E-state index in [2.05, 4.69) is 0 Å². The predicted molar refractivity (Wildman–Crippen MR) is 66.0 cm³/mol. The van der Waals surface area contributed by atoms with Crippen LogP contribution in [0, 0.1) is 12.7 Å². The van der Waals surface area contributed by atoms with Crippen molar-refractivity contribution in [2.45, 2.75) is 13.1 Å². The summed E-state index contributed by atoms with van der Waals surface area (Å²) in [6.07, 6.45) is -4.44. The van der Waals surface area contributed by atoms with E-state index in [0.29, 0.717) is 11.1 Å². The van der Waals surface area contributed by atoms with E-state index in [0.717, 1.165) is 17.7 Å². The molecule has 2 aromatic rings. The molecule has 0 unspecified atom stereocenters. The van der Waals surface area contributed by atoms with E-state index in [9.17, 15) is 17.6 Å². The van der Waals surface area contributed by atoms with Gasteiger partial charge in [0.1, 0.15) is 5.82 Å². The third-order valence-electron chi connectivity index (χ3n) is 2.87. The molecule has 0 aromatic heterocycles. The molecule has 0 aliphatic carbocycles.